The summed E-state index contributed by atoms with van der Waals surface area (Å²) in [6, 6.07) is 20.9. The van der Waals surface area contributed by atoms with Crippen LogP contribution in [-0.2, 0) is 0 Å². The van der Waals surface area contributed by atoms with Crippen molar-refractivity contribution >= 4 is 29.8 Å². The van der Waals surface area contributed by atoms with E-state index in [1.165, 1.54) is 140 Å². The van der Waals surface area contributed by atoms with Gasteiger partial charge in [-0.3, -0.25) is 0 Å². The maximum Gasteiger partial charge on any atom is 0.113 e. The van der Waals surface area contributed by atoms with Gasteiger partial charge in [0.2, 0.25) is 0 Å². The first-order chi connectivity index (χ1) is 24.3. The highest BCUT2D eigenvalue weighted by molar-refractivity contribution is 7.76. The third-order valence-electron chi connectivity index (χ3n) is 12.9. The van der Waals surface area contributed by atoms with Crippen LogP contribution in [0.1, 0.15) is 129 Å². The number of allylic oxidation sites excluding steroid dienone is 1. The first kappa shape index (κ1) is 35.5. The van der Waals surface area contributed by atoms with Gasteiger partial charge >= 0.3 is 0 Å². The van der Waals surface area contributed by atoms with Crippen molar-refractivity contribution < 1.29 is 0 Å². The third kappa shape index (κ3) is 6.85. The van der Waals surface area contributed by atoms with Crippen molar-refractivity contribution in [3.63, 3.8) is 0 Å². The van der Waals surface area contributed by atoms with Crippen molar-refractivity contribution in [1.82, 2.24) is 0 Å². The van der Waals surface area contributed by atoms with Crippen LogP contribution in [0.2, 0.25) is 0 Å². The molecule has 1 heterocycles. The van der Waals surface area contributed by atoms with Gasteiger partial charge in [0.15, 0.2) is 0 Å². The second kappa shape index (κ2) is 15.4. The van der Waals surface area contributed by atoms with E-state index in [-0.39, 0.29) is 0 Å². The van der Waals surface area contributed by atoms with Crippen LogP contribution < -0.4 is 9.80 Å². The van der Waals surface area contributed by atoms with Gasteiger partial charge in [0.1, 0.15) is 5.82 Å². The third-order valence-corrected chi connectivity index (χ3v) is 18.5. The summed E-state index contributed by atoms with van der Waals surface area (Å²) in [5, 5.41) is 0. The van der Waals surface area contributed by atoms with Gasteiger partial charge in [-0.2, -0.15) is 0 Å². The van der Waals surface area contributed by atoms with Gasteiger partial charge in [-0.25, -0.2) is 0 Å². The molecule has 0 radical (unpaired) electrons. The summed E-state index contributed by atoms with van der Waals surface area (Å²) in [5.74, 6) is 1.55. The van der Waals surface area contributed by atoms with Crippen molar-refractivity contribution in [1.29, 1.82) is 0 Å². The van der Waals surface area contributed by atoms with Gasteiger partial charge in [-0.05, 0) is 137 Å². The molecular formula is C47H63N2P. The summed E-state index contributed by atoms with van der Waals surface area (Å²) in [7, 11) is 0. The Hall–Kier alpha value is -2.92. The molecule has 0 spiro atoms. The minimum Gasteiger partial charge on any atom is -0.325 e. The lowest BCUT2D eigenvalue weighted by Crippen LogP contribution is -2.36. The summed E-state index contributed by atoms with van der Waals surface area (Å²) in [6.45, 7) is 14.3. The molecule has 266 valence electrons. The fraction of sp³-hybridized carbons (Fsp3) is 0.532. The lowest BCUT2D eigenvalue weighted by Gasteiger charge is -2.50. The Labute approximate surface area is 305 Å². The zero-order valence-corrected chi connectivity index (χ0v) is 33.1. The van der Waals surface area contributed by atoms with E-state index in [1.807, 2.05) is 0 Å². The Balaban J connectivity index is 1.53. The number of aryl methyl sites for hydroxylation is 6. The van der Waals surface area contributed by atoms with Crippen LogP contribution in [0.5, 0.6) is 0 Å². The SMILES string of the molecule is Cc1cc(C)c(N2CCN(c3c(C)cc(C)cc3C)C2=C2CCCCC2P(=C=Cc2ccccc2)(C2CCCCC2)C2CCCCC2)c(C)c1. The summed E-state index contributed by atoms with van der Waals surface area (Å²) in [6.07, 6.45) is 21.9. The smallest absolute Gasteiger partial charge is 0.113 e. The Morgan fingerprint density at radius 3 is 1.52 bits per heavy atom. The topological polar surface area (TPSA) is 6.48 Å². The predicted octanol–water partition coefficient (Wildman–Crippen LogP) is 12.8. The van der Waals surface area contributed by atoms with E-state index in [9.17, 15) is 0 Å². The monoisotopic (exact) mass is 686 g/mol. The van der Waals surface area contributed by atoms with Crippen LogP contribution in [0.4, 0.5) is 11.4 Å². The molecular weight excluding hydrogens is 624 g/mol. The molecule has 4 fully saturated rings. The molecule has 7 rings (SSSR count). The number of nitrogens with zero attached hydrogens (tertiary/aromatic N) is 2. The fourth-order valence-corrected chi connectivity index (χ4v) is 17.5. The molecule has 3 aliphatic carbocycles. The van der Waals surface area contributed by atoms with Gasteiger partial charge in [0, 0.05) is 30.1 Å². The zero-order valence-electron chi connectivity index (χ0n) is 32.2. The zero-order chi connectivity index (χ0) is 34.8. The van der Waals surface area contributed by atoms with Gasteiger partial charge < -0.3 is 9.80 Å². The predicted molar refractivity (Wildman–Crippen MR) is 222 cm³/mol. The van der Waals surface area contributed by atoms with Gasteiger partial charge in [0.25, 0.3) is 0 Å². The first-order valence-corrected chi connectivity index (χ1v) is 22.3. The summed E-state index contributed by atoms with van der Waals surface area (Å²) in [4.78, 5) is 5.63. The summed E-state index contributed by atoms with van der Waals surface area (Å²) >= 11 is 0. The van der Waals surface area contributed by atoms with Crippen LogP contribution in [-0.4, -0.2) is 35.5 Å². The standard InChI is InChI=1S/C47H63N2P/c1-34-30-36(3)45(37(4)31-34)48-27-28-49(46-38(5)32-35(2)33-39(46)6)47(48)43-24-16-17-25-44(43)50(41-20-12-8-13-21-41,42-22-14-9-15-23-42)29-26-40-18-10-7-11-19-40/h7,10-11,18-19,26,30-33,41-42,44H,8-9,12-17,20-25,27-28H2,1-6H3. The normalized spacial score (nSPS) is 21.1. The Bertz CT molecular complexity index is 1660. The van der Waals surface area contributed by atoms with Gasteiger partial charge in [-0.15, -0.1) is 5.45 Å². The van der Waals surface area contributed by atoms with E-state index in [4.69, 9.17) is 0 Å². The molecule has 3 aromatic rings. The Kier molecular flexibility index (Phi) is 10.9. The van der Waals surface area contributed by atoms with Crippen molar-refractivity contribution in [2.75, 3.05) is 22.9 Å². The van der Waals surface area contributed by atoms with E-state index in [2.05, 4.69) is 117 Å². The van der Waals surface area contributed by atoms with Gasteiger partial charge in [-0.1, -0.05) is 118 Å². The quantitative estimate of drug-likeness (QED) is 0.238. The number of rotatable bonds is 6. The number of anilines is 2. The van der Waals surface area contributed by atoms with E-state index in [1.54, 1.807) is 11.4 Å². The average molecular weight is 687 g/mol. The average Bonchev–Trinajstić information content (AvgIpc) is 3.53. The molecule has 1 unspecified atom stereocenters. The highest BCUT2D eigenvalue weighted by atomic mass is 31.2. The second-order valence-electron chi connectivity index (χ2n) is 16.5. The molecule has 2 nitrogen and oxygen atoms in total. The van der Waals surface area contributed by atoms with Crippen LogP contribution in [0.15, 0.2) is 66.0 Å². The molecule has 3 aromatic carbocycles. The van der Waals surface area contributed by atoms with E-state index < -0.39 is 6.89 Å². The summed E-state index contributed by atoms with van der Waals surface area (Å²) in [5.41, 5.74) is 21.3. The van der Waals surface area contributed by atoms with Crippen LogP contribution in [0, 0.1) is 41.5 Å². The van der Waals surface area contributed by atoms with Gasteiger partial charge in [0.05, 0.1) is 0 Å². The van der Waals surface area contributed by atoms with E-state index in [0.29, 0.717) is 5.66 Å². The molecule has 1 aliphatic heterocycles. The highest BCUT2D eigenvalue weighted by Crippen LogP contribution is 2.70. The molecule has 0 N–H and O–H groups in total. The fourth-order valence-electron chi connectivity index (χ4n) is 11.1. The van der Waals surface area contributed by atoms with Crippen molar-refractivity contribution in [2.24, 2.45) is 0 Å². The van der Waals surface area contributed by atoms with Crippen LogP contribution >= 0.6 is 6.89 Å². The van der Waals surface area contributed by atoms with E-state index >= 15 is 0 Å². The molecule has 3 saturated carbocycles. The molecule has 50 heavy (non-hydrogen) atoms. The molecule has 1 saturated heterocycles. The van der Waals surface area contributed by atoms with Crippen molar-refractivity contribution in [2.45, 2.75) is 148 Å². The summed E-state index contributed by atoms with van der Waals surface area (Å²) < 4.78 is 0. The number of hydrogen-bond donors (Lipinski definition) is 0. The van der Waals surface area contributed by atoms with Crippen LogP contribution in [0.3, 0.4) is 0 Å². The maximum atomic E-state index is 4.60. The molecule has 0 amide bonds. The molecule has 3 heteroatoms. The van der Waals surface area contributed by atoms with Crippen molar-refractivity contribution in [3.8, 4) is 0 Å². The Morgan fingerprint density at radius 2 is 1.04 bits per heavy atom. The van der Waals surface area contributed by atoms with Crippen LogP contribution in [0.25, 0.3) is 6.08 Å². The lowest BCUT2D eigenvalue weighted by molar-refractivity contribution is 0.474. The lowest BCUT2D eigenvalue weighted by atomic mass is 9.92. The molecule has 1 atom stereocenters. The second-order valence-corrected chi connectivity index (χ2v) is 20.5. The molecule has 4 aliphatic rings. The first-order valence-electron chi connectivity index (χ1n) is 20.3. The minimum atomic E-state index is -1.71. The largest absolute Gasteiger partial charge is 0.325 e. The van der Waals surface area contributed by atoms with Crippen molar-refractivity contribution in [3.05, 3.63) is 105 Å². The number of hydrogen-bond acceptors (Lipinski definition) is 2. The van der Waals surface area contributed by atoms with E-state index in [0.717, 1.165) is 24.4 Å². The number of benzene rings is 3. The maximum absolute atomic E-state index is 4.60. The highest BCUT2D eigenvalue weighted by Gasteiger charge is 2.47. The Morgan fingerprint density at radius 1 is 0.580 bits per heavy atom. The minimum absolute atomic E-state index is 0.623. The molecule has 0 aromatic heterocycles. The molecule has 0 bridgehead atoms.